The SMILES string of the molecule is CON(C)C(=O)CC[C@@H](N)C(=O)OC(C)(C)C. The summed E-state index contributed by atoms with van der Waals surface area (Å²) in [6.45, 7) is 5.30. The Balaban J connectivity index is 4.06. The van der Waals surface area contributed by atoms with Crippen LogP contribution in [0.5, 0.6) is 0 Å². The van der Waals surface area contributed by atoms with Gasteiger partial charge in [0.2, 0.25) is 5.91 Å². The third-order valence-corrected chi connectivity index (χ3v) is 2.00. The number of nitrogens with zero attached hydrogens (tertiary/aromatic N) is 1. The van der Waals surface area contributed by atoms with Crippen molar-refractivity contribution in [2.24, 2.45) is 5.73 Å². The average Bonchev–Trinajstić information content (AvgIpc) is 2.21. The molecule has 0 saturated heterocycles. The summed E-state index contributed by atoms with van der Waals surface area (Å²) in [5.74, 6) is -0.725. The molecule has 0 aliphatic heterocycles. The molecule has 0 aromatic rings. The molecular formula is C11H22N2O4. The highest BCUT2D eigenvalue weighted by molar-refractivity contribution is 5.78. The van der Waals surface area contributed by atoms with E-state index in [0.717, 1.165) is 5.06 Å². The van der Waals surface area contributed by atoms with Gasteiger partial charge in [-0.05, 0) is 27.2 Å². The Morgan fingerprint density at radius 2 is 1.88 bits per heavy atom. The number of esters is 1. The van der Waals surface area contributed by atoms with Gasteiger partial charge in [-0.3, -0.25) is 14.4 Å². The first-order valence-electron chi connectivity index (χ1n) is 5.46. The van der Waals surface area contributed by atoms with Crippen molar-refractivity contribution in [2.45, 2.75) is 45.3 Å². The second-order valence-electron chi connectivity index (χ2n) is 4.75. The van der Waals surface area contributed by atoms with E-state index in [1.807, 2.05) is 0 Å². The molecule has 0 unspecified atom stereocenters. The normalized spacial score (nSPS) is 13.1. The van der Waals surface area contributed by atoms with E-state index < -0.39 is 17.6 Å². The Kier molecular flexibility index (Phi) is 6.12. The molecule has 0 bridgehead atoms. The first-order valence-corrected chi connectivity index (χ1v) is 5.46. The predicted molar refractivity (Wildman–Crippen MR) is 62.8 cm³/mol. The van der Waals surface area contributed by atoms with Crippen LogP contribution >= 0.6 is 0 Å². The van der Waals surface area contributed by atoms with Gasteiger partial charge in [-0.2, -0.15) is 0 Å². The number of rotatable bonds is 5. The highest BCUT2D eigenvalue weighted by atomic mass is 16.7. The maximum absolute atomic E-state index is 11.5. The zero-order chi connectivity index (χ0) is 13.6. The predicted octanol–water partition coefficient (Wildman–Crippen LogP) is 0.455. The van der Waals surface area contributed by atoms with Gasteiger partial charge in [0.1, 0.15) is 11.6 Å². The van der Waals surface area contributed by atoms with Gasteiger partial charge in [-0.1, -0.05) is 0 Å². The van der Waals surface area contributed by atoms with Gasteiger partial charge >= 0.3 is 5.97 Å². The maximum Gasteiger partial charge on any atom is 0.323 e. The molecule has 0 fully saturated rings. The fourth-order valence-corrected chi connectivity index (χ4v) is 1.03. The number of ether oxygens (including phenoxy) is 1. The van der Waals surface area contributed by atoms with E-state index in [1.54, 1.807) is 20.8 Å². The smallest absolute Gasteiger partial charge is 0.323 e. The van der Waals surface area contributed by atoms with Gasteiger partial charge in [0, 0.05) is 13.5 Å². The fraction of sp³-hybridized carbons (Fsp3) is 0.818. The number of hydrogen-bond donors (Lipinski definition) is 1. The lowest BCUT2D eigenvalue weighted by atomic mass is 10.1. The molecule has 1 atom stereocenters. The van der Waals surface area contributed by atoms with Crippen molar-refractivity contribution in [3.63, 3.8) is 0 Å². The van der Waals surface area contributed by atoms with E-state index >= 15 is 0 Å². The number of amides is 1. The highest BCUT2D eigenvalue weighted by Crippen LogP contribution is 2.10. The zero-order valence-corrected chi connectivity index (χ0v) is 11.1. The Hall–Kier alpha value is -1.14. The Morgan fingerprint density at radius 3 is 2.29 bits per heavy atom. The van der Waals surface area contributed by atoms with Crippen LogP contribution in [0, 0.1) is 0 Å². The van der Waals surface area contributed by atoms with E-state index in [2.05, 4.69) is 0 Å². The molecule has 2 N–H and O–H groups in total. The van der Waals surface area contributed by atoms with E-state index in [9.17, 15) is 9.59 Å². The van der Waals surface area contributed by atoms with Crippen LogP contribution in [0.2, 0.25) is 0 Å². The molecule has 0 aliphatic carbocycles. The minimum Gasteiger partial charge on any atom is -0.459 e. The van der Waals surface area contributed by atoms with Crippen LogP contribution in [0.4, 0.5) is 0 Å². The second kappa shape index (κ2) is 6.56. The van der Waals surface area contributed by atoms with E-state index in [-0.39, 0.29) is 18.7 Å². The van der Waals surface area contributed by atoms with Gasteiger partial charge < -0.3 is 10.5 Å². The fourth-order valence-electron chi connectivity index (χ4n) is 1.03. The molecule has 100 valence electrons. The zero-order valence-electron chi connectivity index (χ0n) is 11.1. The topological polar surface area (TPSA) is 81.9 Å². The monoisotopic (exact) mass is 246 g/mol. The van der Waals surface area contributed by atoms with Crippen molar-refractivity contribution < 1.29 is 19.2 Å². The van der Waals surface area contributed by atoms with Crippen molar-refractivity contribution in [1.82, 2.24) is 5.06 Å². The summed E-state index contributed by atoms with van der Waals surface area (Å²) in [6.07, 6.45) is 0.381. The summed E-state index contributed by atoms with van der Waals surface area (Å²) in [4.78, 5) is 27.6. The van der Waals surface area contributed by atoms with Crippen LogP contribution in [-0.2, 0) is 19.2 Å². The van der Waals surface area contributed by atoms with Crippen LogP contribution in [0.15, 0.2) is 0 Å². The van der Waals surface area contributed by atoms with Gasteiger partial charge in [0.25, 0.3) is 0 Å². The Labute approximate surface area is 102 Å². The molecule has 1 amide bonds. The lowest BCUT2D eigenvalue weighted by Gasteiger charge is -2.22. The highest BCUT2D eigenvalue weighted by Gasteiger charge is 2.23. The number of nitrogens with two attached hydrogens (primary N) is 1. The largest absolute Gasteiger partial charge is 0.459 e. The molecule has 0 spiro atoms. The first kappa shape index (κ1) is 15.9. The third-order valence-electron chi connectivity index (χ3n) is 2.00. The van der Waals surface area contributed by atoms with E-state index in [1.165, 1.54) is 14.2 Å². The van der Waals surface area contributed by atoms with Crippen LogP contribution in [-0.4, -0.2) is 42.7 Å². The minimum atomic E-state index is -0.788. The molecule has 6 nitrogen and oxygen atoms in total. The molecule has 0 rings (SSSR count). The molecule has 0 aromatic heterocycles. The van der Waals surface area contributed by atoms with Gasteiger partial charge in [0.05, 0.1) is 7.11 Å². The number of carbonyl (C=O) groups is 2. The summed E-state index contributed by atoms with van der Waals surface area (Å²) in [5, 5.41) is 1.10. The molecular weight excluding hydrogens is 224 g/mol. The molecule has 0 aromatic carbocycles. The van der Waals surface area contributed by atoms with Gasteiger partial charge in [-0.25, -0.2) is 5.06 Å². The quantitative estimate of drug-likeness (QED) is 0.563. The number of hydroxylamine groups is 2. The summed E-state index contributed by atoms with van der Waals surface area (Å²) in [7, 11) is 2.90. The summed E-state index contributed by atoms with van der Waals surface area (Å²) in [5.41, 5.74) is 5.06. The van der Waals surface area contributed by atoms with Gasteiger partial charge in [-0.15, -0.1) is 0 Å². The average molecular weight is 246 g/mol. The number of carbonyl (C=O) groups excluding carboxylic acids is 2. The summed E-state index contributed by atoms with van der Waals surface area (Å²) >= 11 is 0. The van der Waals surface area contributed by atoms with E-state index in [0.29, 0.717) is 0 Å². The second-order valence-corrected chi connectivity index (χ2v) is 4.75. The van der Waals surface area contributed by atoms with Crippen molar-refractivity contribution >= 4 is 11.9 Å². The molecule has 17 heavy (non-hydrogen) atoms. The first-order chi connectivity index (χ1) is 7.67. The van der Waals surface area contributed by atoms with Crippen molar-refractivity contribution in [3.05, 3.63) is 0 Å². The lowest BCUT2D eigenvalue weighted by Crippen LogP contribution is -2.38. The van der Waals surface area contributed by atoms with Crippen LogP contribution < -0.4 is 5.73 Å². The van der Waals surface area contributed by atoms with Crippen LogP contribution in [0.1, 0.15) is 33.6 Å². The summed E-state index contributed by atoms with van der Waals surface area (Å²) in [6, 6.07) is -0.788. The van der Waals surface area contributed by atoms with Gasteiger partial charge in [0.15, 0.2) is 0 Å². The van der Waals surface area contributed by atoms with Crippen LogP contribution in [0.25, 0.3) is 0 Å². The van der Waals surface area contributed by atoms with Crippen molar-refractivity contribution in [3.8, 4) is 0 Å². The van der Waals surface area contributed by atoms with E-state index in [4.69, 9.17) is 15.3 Å². The molecule has 0 aliphatic rings. The minimum absolute atomic E-state index is 0.144. The molecule has 6 heteroatoms. The van der Waals surface area contributed by atoms with Crippen LogP contribution in [0.3, 0.4) is 0 Å². The molecule has 0 radical (unpaired) electrons. The lowest BCUT2D eigenvalue weighted by molar-refractivity contribution is -0.169. The molecule has 0 saturated carbocycles. The van der Waals surface area contributed by atoms with Crippen molar-refractivity contribution in [2.75, 3.05) is 14.2 Å². The molecule has 0 heterocycles. The number of hydrogen-bond acceptors (Lipinski definition) is 5. The summed E-state index contributed by atoms with van der Waals surface area (Å²) < 4.78 is 5.10. The standard InChI is InChI=1S/C11H22N2O4/c1-11(2,3)17-10(15)8(12)6-7-9(14)13(4)16-5/h8H,6-7,12H2,1-5H3/t8-/m1/s1. The Bertz CT molecular complexity index is 273. The maximum atomic E-state index is 11.5. The van der Waals surface area contributed by atoms with Crippen molar-refractivity contribution in [1.29, 1.82) is 0 Å². The third kappa shape index (κ3) is 6.91. The Morgan fingerprint density at radius 1 is 1.35 bits per heavy atom.